The number of rotatable bonds is 5. The first-order valence-electron chi connectivity index (χ1n) is 5.67. The number of nitriles is 1. The van der Waals surface area contributed by atoms with Gasteiger partial charge in [0, 0.05) is 20.0 Å². The van der Waals surface area contributed by atoms with Gasteiger partial charge in [0.25, 0.3) is 0 Å². The molecule has 90 valence electrons. The molecule has 0 spiro atoms. The lowest BCUT2D eigenvalue weighted by Gasteiger charge is -2.24. The van der Waals surface area contributed by atoms with Crippen LogP contribution in [0.3, 0.4) is 0 Å². The molecule has 4 nitrogen and oxygen atoms in total. The minimum atomic E-state index is -0.0891. The van der Waals surface area contributed by atoms with Crippen molar-refractivity contribution >= 4 is 17.3 Å². The first-order valence-corrected chi connectivity index (χ1v) is 5.67. The standard InChI is InChI=1S/C13H17N3O/c1-3-16(10-6-9-14)13-8-5-4-7-12(13)15-11(2)17/h4-5,7-8H,3,6,10H2,1-2H3,(H,15,17). The minimum Gasteiger partial charge on any atom is -0.369 e. The molecule has 0 heterocycles. The molecule has 1 aromatic carbocycles. The van der Waals surface area contributed by atoms with Gasteiger partial charge in [-0.1, -0.05) is 12.1 Å². The van der Waals surface area contributed by atoms with Crippen LogP contribution in [0, 0.1) is 11.3 Å². The predicted octanol–water partition coefficient (Wildman–Crippen LogP) is 2.38. The number of para-hydroxylation sites is 2. The fraction of sp³-hybridized carbons (Fsp3) is 0.385. The molecule has 0 fully saturated rings. The van der Waals surface area contributed by atoms with E-state index < -0.39 is 0 Å². The summed E-state index contributed by atoms with van der Waals surface area (Å²) in [7, 11) is 0. The fourth-order valence-electron chi connectivity index (χ4n) is 1.68. The quantitative estimate of drug-likeness (QED) is 0.846. The average Bonchev–Trinajstić information content (AvgIpc) is 2.31. The van der Waals surface area contributed by atoms with E-state index in [-0.39, 0.29) is 5.91 Å². The van der Waals surface area contributed by atoms with Crippen molar-refractivity contribution < 1.29 is 4.79 Å². The molecule has 4 heteroatoms. The van der Waals surface area contributed by atoms with Gasteiger partial charge in [0.15, 0.2) is 0 Å². The van der Waals surface area contributed by atoms with E-state index in [9.17, 15) is 4.79 Å². The van der Waals surface area contributed by atoms with Crippen LogP contribution in [-0.2, 0) is 4.79 Å². The van der Waals surface area contributed by atoms with Crippen LogP contribution in [0.2, 0.25) is 0 Å². The summed E-state index contributed by atoms with van der Waals surface area (Å²) in [5.41, 5.74) is 1.75. The van der Waals surface area contributed by atoms with Gasteiger partial charge >= 0.3 is 0 Å². The summed E-state index contributed by atoms with van der Waals surface area (Å²) >= 11 is 0. The van der Waals surface area contributed by atoms with Crippen molar-refractivity contribution in [3.05, 3.63) is 24.3 Å². The van der Waals surface area contributed by atoms with Gasteiger partial charge < -0.3 is 10.2 Å². The van der Waals surface area contributed by atoms with Crippen molar-refractivity contribution in [2.24, 2.45) is 0 Å². The monoisotopic (exact) mass is 231 g/mol. The van der Waals surface area contributed by atoms with E-state index in [1.807, 2.05) is 31.2 Å². The first kappa shape index (κ1) is 13.0. The largest absolute Gasteiger partial charge is 0.369 e. The Labute approximate surface area is 102 Å². The molecule has 0 radical (unpaired) electrons. The molecule has 0 aliphatic rings. The maximum absolute atomic E-state index is 11.1. The topological polar surface area (TPSA) is 56.1 Å². The third-order valence-corrected chi connectivity index (χ3v) is 2.43. The van der Waals surface area contributed by atoms with Crippen LogP contribution in [-0.4, -0.2) is 19.0 Å². The zero-order valence-electron chi connectivity index (χ0n) is 10.2. The second-order valence-electron chi connectivity index (χ2n) is 3.69. The maximum Gasteiger partial charge on any atom is 0.221 e. The number of amides is 1. The van der Waals surface area contributed by atoms with Crippen LogP contribution in [0.5, 0.6) is 0 Å². The lowest BCUT2D eigenvalue weighted by Crippen LogP contribution is -2.25. The molecule has 0 atom stereocenters. The van der Waals surface area contributed by atoms with Gasteiger partial charge in [-0.2, -0.15) is 5.26 Å². The van der Waals surface area contributed by atoms with Gasteiger partial charge in [-0.25, -0.2) is 0 Å². The van der Waals surface area contributed by atoms with Gasteiger partial charge in [0.1, 0.15) is 0 Å². The Morgan fingerprint density at radius 3 is 2.76 bits per heavy atom. The second kappa shape index (κ2) is 6.54. The Kier molecular flexibility index (Phi) is 5.02. The molecule has 1 N–H and O–H groups in total. The van der Waals surface area contributed by atoms with Crippen LogP contribution in [0.1, 0.15) is 20.3 Å². The van der Waals surface area contributed by atoms with Crippen LogP contribution in [0.25, 0.3) is 0 Å². The minimum absolute atomic E-state index is 0.0891. The van der Waals surface area contributed by atoms with E-state index in [2.05, 4.69) is 16.3 Å². The third-order valence-electron chi connectivity index (χ3n) is 2.43. The number of anilines is 2. The van der Waals surface area contributed by atoms with Gasteiger partial charge in [-0.15, -0.1) is 0 Å². The highest BCUT2D eigenvalue weighted by Gasteiger charge is 2.09. The summed E-state index contributed by atoms with van der Waals surface area (Å²) < 4.78 is 0. The van der Waals surface area contributed by atoms with Gasteiger partial charge in [-0.3, -0.25) is 4.79 Å². The SMILES string of the molecule is CCN(CCC#N)c1ccccc1NC(C)=O. The zero-order chi connectivity index (χ0) is 12.7. The van der Waals surface area contributed by atoms with Crippen molar-refractivity contribution in [3.63, 3.8) is 0 Å². The summed E-state index contributed by atoms with van der Waals surface area (Å²) in [6, 6.07) is 9.76. The highest BCUT2D eigenvalue weighted by Crippen LogP contribution is 2.25. The third kappa shape index (κ3) is 3.80. The Hall–Kier alpha value is -2.02. The van der Waals surface area contributed by atoms with E-state index in [0.29, 0.717) is 13.0 Å². The number of nitrogens with one attached hydrogen (secondary N) is 1. The summed E-state index contributed by atoms with van der Waals surface area (Å²) in [5, 5.41) is 11.4. The van der Waals surface area contributed by atoms with E-state index in [0.717, 1.165) is 17.9 Å². The molecule has 0 aliphatic carbocycles. The van der Waals surface area contributed by atoms with Crippen molar-refractivity contribution in [2.45, 2.75) is 20.3 Å². The number of carbonyl (C=O) groups is 1. The zero-order valence-corrected chi connectivity index (χ0v) is 10.2. The fourth-order valence-corrected chi connectivity index (χ4v) is 1.68. The Morgan fingerprint density at radius 2 is 2.18 bits per heavy atom. The predicted molar refractivity (Wildman–Crippen MR) is 68.9 cm³/mol. The van der Waals surface area contributed by atoms with E-state index >= 15 is 0 Å². The number of benzene rings is 1. The molecule has 0 unspecified atom stereocenters. The highest BCUT2D eigenvalue weighted by molar-refractivity contribution is 5.92. The van der Waals surface area contributed by atoms with Gasteiger partial charge in [0.05, 0.1) is 23.9 Å². The molecule has 1 aromatic rings. The second-order valence-corrected chi connectivity index (χ2v) is 3.69. The van der Waals surface area contributed by atoms with Crippen LogP contribution >= 0.6 is 0 Å². The van der Waals surface area contributed by atoms with Gasteiger partial charge in [-0.05, 0) is 19.1 Å². The Balaban J connectivity index is 2.93. The smallest absolute Gasteiger partial charge is 0.221 e. The Bertz CT molecular complexity index is 423. The summed E-state index contributed by atoms with van der Waals surface area (Å²) in [4.78, 5) is 13.2. The van der Waals surface area contributed by atoms with Crippen LogP contribution < -0.4 is 10.2 Å². The summed E-state index contributed by atoms with van der Waals surface area (Å²) in [6.45, 7) is 4.99. The molecule has 0 aliphatic heterocycles. The average molecular weight is 231 g/mol. The van der Waals surface area contributed by atoms with E-state index in [1.165, 1.54) is 6.92 Å². The highest BCUT2D eigenvalue weighted by atomic mass is 16.1. The van der Waals surface area contributed by atoms with E-state index in [1.54, 1.807) is 0 Å². The van der Waals surface area contributed by atoms with Crippen molar-refractivity contribution in [2.75, 3.05) is 23.3 Å². The normalized spacial score (nSPS) is 9.47. The molecule has 0 aromatic heterocycles. The number of hydrogen-bond donors (Lipinski definition) is 1. The first-order chi connectivity index (χ1) is 8.19. The summed E-state index contributed by atoms with van der Waals surface area (Å²) in [6.07, 6.45) is 0.474. The molecule has 17 heavy (non-hydrogen) atoms. The Morgan fingerprint density at radius 1 is 1.47 bits per heavy atom. The number of carbonyl (C=O) groups excluding carboxylic acids is 1. The molecule has 0 saturated carbocycles. The maximum atomic E-state index is 11.1. The van der Waals surface area contributed by atoms with E-state index in [4.69, 9.17) is 5.26 Å². The lowest BCUT2D eigenvalue weighted by atomic mass is 10.2. The number of nitrogens with zero attached hydrogens (tertiary/aromatic N) is 2. The lowest BCUT2D eigenvalue weighted by molar-refractivity contribution is -0.114. The van der Waals surface area contributed by atoms with Crippen LogP contribution in [0.15, 0.2) is 24.3 Å². The molecular weight excluding hydrogens is 214 g/mol. The van der Waals surface area contributed by atoms with Crippen LogP contribution in [0.4, 0.5) is 11.4 Å². The molecule has 1 rings (SSSR count). The summed E-state index contributed by atoms with van der Waals surface area (Å²) in [5.74, 6) is -0.0891. The molecular formula is C13H17N3O. The van der Waals surface area contributed by atoms with Gasteiger partial charge in [0.2, 0.25) is 5.91 Å². The van der Waals surface area contributed by atoms with Crippen molar-refractivity contribution in [1.82, 2.24) is 0 Å². The molecule has 0 bridgehead atoms. The van der Waals surface area contributed by atoms with Crippen molar-refractivity contribution in [1.29, 1.82) is 5.26 Å². The van der Waals surface area contributed by atoms with Crippen molar-refractivity contribution in [3.8, 4) is 6.07 Å². The number of hydrogen-bond acceptors (Lipinski definition) is 3. The molecule has 0 saturated heterocycles. The molecule has 1 amide bonds.